The van der Waals surface area contributed by atoms with E-state index in [-0.39, 0.29) is 53.4 Å². The van der Waals surface area contributed by atoms with E-state index in [4.69, 9.17) is 96.5 Å². The topological polar surface area (TPSA) is 141 Å². The third-order valence-electron chi connectivity index (χ3n) is 19.5. The van der Waals surface area contributed by atoms with E-state index in [2.05, 4.69) is 16.0 Å². The van der Waals surface area contributed by atoms with E-state index < -0.39 is 11.8 Å². The van der Waals surface area contributed by atoms with Crippen LogP contribution in [0.15, 0.2) is 218 Å². The number of nitrogens with zero attached hydrogens (tertiary/aromatic N) is 6. The SMILES string of the molecule is C[C@@H](NC(=O)[C@@H]1CCCc2c1nn(-c1ccc(Cl)cc1Cl)c2-c1ccc(F)cc1)c1ccccc1.C[C@@H](NC(=O)[C@H]1CCCc2c1nn(-c1ccc(Cl)cc1Cl)c2-c1ccc(Cl)cc1)c1ccccc1.C[C@@H](NC(=O)[C@H]1CCCc2c1nn(-c1ccc(Cl)cc1Cl)c2-c1ccc(F)cc1)c1ccccc1. The van der Waals surface area contributed by atoms with Crippen LogP contribution in [0, 0.1) is 11.6 Å². The molecule has 3 aromatic heterocycles. The van der Waals surface area contributed by atoms with Gasteiger partial charge in [-0.2, -0.15) is 15.3 Å². The molecular weight excluding hydrogens is 1470 g/mol. The number of hydrogen-bond donors (Lipinski definition) is 3. The standard InChI is InChI=1S/C28H24Cl3N3O.2C28H24Cl2FN3O/c1-17(18-6-3-2-4-7-18)32-28(35)23-9-5-8-22-26(23)33-34(25-15-14-21(30)16-24(25)31)27(22)19-10-12-20(29)13-11-19;2*1-17(18-6-3-2-4-7-18)32-28(35)23-9-5-8-22-26(23)33-34(25-15-12-20(29)16-24(25)30)27(22)19-10-13-21(31)14-11-19/h3*2-4,6-7,10-17,23H,5,8-9H2,1H3,(H,32,35)/t2*17-,23+;17-,23-/m111/s1. The van der Waals surface area contributed by atoms with Crippen molar-refractivity contribution in [3.8, 4) is 50.8 Å². The molecule has 3 aliphatic rings. The third kappa shape index (κ3) is 16.6. The molecule has 12 nitrogen and oxygen atoms in total. The van der Waals surface area contributed by atoms with Crippen LogP contribution >= 0.6 is 81.2 Å². The van der Waals surface area contributed by atoms with Gasteiger partial charge in [-0.25, -0.2) is 22.8 Å². The number of carbonyl (C=O) groups excluding carboxylic acids is 3. The Kier molecular flexibility index (Phi) is 23.4. The van der Waals surface area contributed by atoms with Crippen molar-refractivity contribution in [2.45, 2.75) is 114 Å². The van der Waals surface area contributed by atoms with Gasteiger partial charge in [-0.05, 0) is 211 Å². The molecule has 3 amide bonds. The Bertz CT molecular complexity index is 4610. The Balaban J connectivity index is 0.000000140. The van der Waals surface area contributed by atoms with Crippen molar-refractivity contribution >= 4 is 98.9 Å². The molecule has 3 aliphatic carbocycles. The Labute approximate surface area is 643 Å². The number of carbonyl (C=O) groups is 3. The second kappa shape index (κ2) is 33.1. The van der Waals surface area contributed by atoms with Gasteiger partial charge in [0.2, 0.25) is 17.7 Å². The number of nitrogens with one attached hydrogen (secondary N) is 3. The fourth-order valence-corrected chi connectivity index (χ4v) is 15.8. The Morgan fingerprint density at radius 1 is 0.362 bits per heavy atom. The number of benzene rings is 9. The van der Waals surface area contributed by atoms with Crippen LogP contribution in [-0.2, 0) is 33.6 Å². The minimum Gasteiger partial charge on any atom is -0.349 e. The first-order chi connectivity index (χ1) is 50.8. The van der Waals surface area contributed by atoms with E-state index in [0.29, 0.717) is 65.1 Å². The molecule has 0 unspecified atom stereocenters. The van der Waals surface area contributed by atoms with Crippen LogP contribution < -0.4 is 16.0 Å². The molecular formula is C84H72Cl7F2N9O3. The minimum atomic E-state index is -0.392. The molecule has 105 heavy (non-hydrogen) atoms. The molecule has 0 saturated heterocycles. The second-order valence-electron chi connectivity index (χ2n) is 26.4. The van der Waals surface area contributed by atoms with Gasteiger partial charge < -0.3 is 16.0 Å². The van der Waals surface area contributed by atoms with Crippen molar-refractivity contribution in [3.05, 3.63) is 316 Å². The smallest absolute Gasteiger partial charge is 0.229 e. The zero-order valence-electron chi connectivity index (χ0n) is 57.4. The first-order valence-electron chi connectivity index (χ1n) is 34.8. The highest BCUT2D eigenvalue weighted by Crippen LogP contribution is 2.45. The highest BCUT2D eigenvalue weighted by molar-refractivity contribution is 6.37. The maximum atomic E-state index is 13.7. The summed E-state index contributed by atoms with van der Waals surface area (Å²) in [6, 6.07) is 65.5. The van der Waals surface area contributed by atoms with Gasteiger partial charge in [0.05, 0.1) is 102 Å². The Morgan fingerprint density at radius 2 is 0.619 bits per heavy atom. The van der Waals surface area contributed by atoms with Crippen LogP contribution in [0.2, 0.25) is 35.2 Å². The van der Waals surface area contributed by atoms with Gasteiger partial charge in [-0.15, -0.1) is 0 Å². The number of aromatic nitrogens is 6. The molecule has 0 spiro atoms. The third-order valence-corrected chi connectivity index (χ3v) is 21.3. The van der Waals surface area contributed by atoms with Gasteiger partial charge in [0.25, 0.3) is 0 Å². The monoisotopic (exact) mass is 1540 g/mol. The van der Waals surface area contributed by atoms with Gasteiger partial charge in [-0.3, -0.25) is 14.4 Å². The van der Waals surface area contributed by atoms with Crippen LogP contribution in [0.3, 0.4) is 0 Å². The molecule has 9 aromatic carbocycles. The Morgan fingerprint density at radius 3 is 0.886 bits per heavy atom. The van der Waals surface area contributed by atoms with E-state index in [9.17, 15) is 23.2 Å². The van der Waals surface area contributed by atoms with Crippen LogP contribution in [0.25, 0.3) is 50.8 Å². The predicted octanol–water partition coefficient (Wildman–Crippen LogP) is 22.4. The molecule has 6 atom stereocenters. The van der Waals surface area contributed by atoms with Gasteiger partial charge in [0, 0.05) is 53.5 Å². The summed E-state index contributed by atoms with van der Waals surface area (Å²) in [5.74, 6) is -1.89. The summed E-state index contributed by atoms with van der Waals surface area (Å²) in [5, 5.41) is 28.0. The summed E-state index contributed by atoms with van der Waals surface area (Å²) in [4.78, 5) is 40.4. The lowest BCUT2D eigenvalue weighted by molar-refractivity contribution is -0.124. The van der Waals surface area contributed by atoms with Crippen molar-refractivity contribution in [1.82, 2.24) is 45.3 Å². The number of rotatable bonds is 15. The number of hydrogen-bond acceptors (Lipinski definition) is 6. The molecule has 21 heteroatoms. The van der Waals surface area contributed by atoms with Crippen LogP contribution in [0.4, 0.5) is 8.78 Å². The largest absolute Gasteiger partial charge is 0.349 e. The summed E-state index contributed by atoms with van der Waals surface area (Å²) in [7, 11) is 0. The van der Waals surface area contributed by atoms with Gasteiger partial charge in [0.15, 0.2) is 0 Å². The van der Waals surface area contributed by atoms with E-state index in [1.807, 2.05) is 159 Å². The molecule has 3 heterocycles. The lowest BCUT2D eigenvalue weighted by Crippen LogP contribution is -2.33. The van der Waals surface area contributed by atoms with E-state index in [1.165, 1.54) is 24.3 Å². The fourth-order valence-electron chi connectivity index (χ4n) is 14.2. The molecule has 15 rings (SSSR count). The van der Waals surface area contributed by atoms with Crippen molar-refractivity contribution in [3.63, 3.8) is 0 Å². The lowest BCUT2D eigenvalue weighted by atomic mass is 9.85. The fraction of sp³-hybridized carbons (Fsp3) is 0.214. The molecule has 534 valence electrons. The van der Waals surface area contributed by atoms with E-state index in [0.717, 1.165) is 129 Å². The summed E-state index contributed by atoms with van der Waals surface area (Å²) in [5.41, 5.74) is 15.6. The van der Waals surface area contributed by atoms with Gasteiger partial charge in [0.1, 0.15) is 11.6 Å². The van der Waals surface area contributed by atoms with E-state index >= 15 is 0 Å². The lowest BCUT2D eigenvalue weighted by Gasteiger charge is -2.23. The molecule has 12 aromatic rings. The van der Waals surface area contributed by atoms with Gasteiger partial charge >= 0.3 is 0 Å². The first kappa shape index (κ1) is 74.2. The van der Waals surface area contributed by atoms with Crippen LogP contribution in [0.5, 0.6) is 0 Å². The quantitative estimate of drug-likeness (QED) is 0.0934. The van der Waals surface area contributed by atoms with Crippen molar-refractivity contribution in [2.75, 3.05) is 0 Å². The summed E-state index contributed by atoms with van der Waals surface area (Å²) in [6.45, 7) is 5.96. The average molecular weight is 1540 g/mol. The maximum Gasteiger partial charge on any atom is 0.229 e. The molecule has 0 saturated carbocycles. The maximum absolute atomic E-state index is 13.7. The van der Waals surface area contributed by atoms with E-state index in [1.54, 1.807) is 70.0 Å². The summed E-state index contributed by atoms with van der Waals surface area (Å²) < 4.78 is 32.8. The van der Waals surface area contributed by atoms with Crippen molar-refractivity contribution in [2.24, 2.45) is 0 Å². The van der Waals surface area contributed by atoms with Crippen LogP contribution in [0.1, 0.15) is 146 Å². The average Bonchev–Trinajstić information content (AvgIpc) is 1.62. The zero-order chi connectivity index (χ0) is 73.6. The summed E-state index contributed by atoms with van der Waals surface area (Å²) in [6.07, 6.45) is 7.10. The molecule has 0 radical (unpaired) electrons. The molecule has 0 fully saturated rings. The first-order valence-corrected chi connectivity index (χ1v) is 37.5. The molecule has 0 aliphatic heterocycles. The minimum absolute atomic E-state index is 0.0168. The van der Waals surface area contributed by atoms with Crippen LogP contribution in [-0.4, -0.2) is 47.1 Å². The second-order valence-corrected chi connectivity index (χ2v) is 29.4. The van der Waals surface area contributed by atoms with Crippen molar-refractivity contribution < 1.29 is 23.2 Å². The highest BCUT2D eigenvalue weighted by Gasteiger charge is 2.38. The number of fused-ring (bicyclic) bond motifs is 3. The summed E-state index contributed by atoms with van der Waals surface area (Å²) >= 11 is 44.3. The zero-order valence-corrected chi connectivity index (χ0v) is 62.7. The normalized spacial score (nSPS) is 15.9. The number of halogens is 9. The predicted molar refractivity (Wildman–Crippen MR) is 418 cm³/mol. The van der Waals surface area contributed by atoms with Crippen molar-refractivity contribution in [1.29, 1.82) is 0 Å². The Hall–Kier alpha value is -9.09. The van der Waals surface area contributed by atoms with Gasteiger partial charge in [-0.1, -0.05) is 184 Å². The highest BCUT2D eigenvalue weighted by atomic mass is 35.5. The molecule has 3 N–H and O–H groups in total. The number of amides is 3. The molecule has 0 bridgehead atoms.